The van der Waals surface area contributed by atoms with Crippen molar-refractivity contribution in [3.8, 4) is 0 Å². The number of amides is 2. The highest BCUT2D eigenvalue weighted by molar-refractivity contribution is 6.04. The molecule has 1 unspecified atom stereocenters. The van der Waals surface area contributed by atoms with Crippen molar-refractivity contribution < 1.29 is 22.8 Å². The van der Waals surface area contributed by atoms with Crippen LogP contribution in [0.4, 0.5) is 18.9 Å². The van der Waals surface area contributed by atoms with Gasteiger partial charge in [-0.1, -0.05) is 48.5 Å². The van der Waals surface area contributed by atoms with Crippen LogP contribution in [-0.4, -0.2) is 29.4 Å². The van der Waals surface area contributed by atoms with Gasteiger partial charge in [0.15, 0.2) is 0 Å². The number of hydrogen-bond acceptors (Lipinski definition) is 2. The van der Waals surface area contributed by atoms with Gasteiger partial charge in [0.25, 0.3) is 0 Å². The van der Waals surface area contributed by atoms with Crippen LogP contribution in [0.5, 0.6) is 0 Å². The fourth-order valence-electron chi connectivity index (χ4n) is 3.14. The Bertz CT molecular complexity index is 821. The van der Waals surface area contributed by atoms with Gasteiger partial charge >= 0.3 is 6.18 Å². The van der Waals surface area contributed by atoms with E-state index >= 15 is 0 Å². The van der Waals surface area contributed by atoms with E-state index in [-0.39, 0.29) is 18.9 Å². The first-order chi connectivity index (χ1) is 12.8. The molecule has 0 aromatic heterocycles. The summed E-state index contributed by atoms with van der Waals surface area (Å²) in [6, 6.07) is 15.9. The molecular weight excluding hydrogens is 357 g/mol. The van der Waals surface area contributed by atoms with Gasteiger partial charge in [-0.3, -0.25) is 9.59 Å². The maximum atomic E-state index is 12.8. The maximum Gasteiger partial charge on any atom is 0.390 e. The van der Waals surface area contributed by atoms with Gasteiger partial charge in [0.1, 0.15) is 0 Å². The lowest BCUT2D eigenvalue weighted by molar-refractivity contribution is -0.146. The first-order valence-corrected chi connectivity index (χ1v) is 8.62. The molecule has 2 amide bonds. The number of halogens is 3. The number of alkyl halides is 3. The summed E-state index contributed by atoms with van der Waals surface area (Å²) >= 11 is 0. The molecular formula is C20H19F3N2O2. The van der Waals surface area contributed by atoms with E-state index in [1.165, 1.54) is 4.90 Å². The molecule has 1 aliphatic heterocycles. The van der Waals surface area contributed by atoms with Crippen molar-refractivity contribution >= 4 is 17.5 Å². The summed E-state index contributed by atoms with van der Waals surface area (Å²) in [5.74, 6) is -1.46. The molecule has 7 heteroatoms. The van der Waals surface area contributed by atoms with E-state index in [1.807, 2.05) is 0 Å². The quantitative estimate of drug-likeness (QED) is 0.825. The molecule has 2 aromatic rings. The van der Waals surface area contributed by atoms with Crippen molar-refractivity contribution in [2.24, 2.45) is 0 Å². The topological polar surface area (TPSA) is 49.4 Å². The molecule has 4 nitrogen and oxygen atoms in total. The monoisotopic (exact) mass is 376 g/mol. The number of nitrogens with zero attached hydrogens (tertiary/aromatic N) is 1. The van der Waals surface area contributed by atoms with E-state index < -0.39 is 31.0 Å². The van der Waals surface area contributed by atoms with Crippen LogP contribution >= 0.6 is 0 Å². The largest absolute Gasteiger partial charge is 0.390 e. The van der Waals surface area contributed by atoms with Gasteiger partial charge < -0.3 is 10.2 Å². The fourth-order valence-corrected chi connectivity index (χ4v) is 3.14. The van der Waals surface area contributed by atoms with Gasteiger partial charge in [-0.05, 0) is 17.2 Å². The van der Waals surface area contributed by atoms with Gasteiger partial charge in [-0.2, -0.15) is 13.2 Å². The van der Waals surface area contributed by atoms with Gasteiger partial charge in [-0.15, -0.1) is 0 Å². The normalized spacial score (nSPS) is 16.0. The first-order valence-electron chi connectivity index (χ1n) is 8.62. The molecule has 1 aliphatic rings. The zero-order valence-electron chi connectivity index (χ0n) is 14.5. The van der Waals surface area contributed by atoms with Gasteiger partial charge in [0.2, 0.25) is 11.8 Å². The summed E-state index contributed by atoms with van der Waals surface area (Å²) in [7, 11) is 0. The lowest BCUT2D eigenvalue weighted by Gasteiger charge is -2.24. The van der Waals surface area contributed by atoms with Crippen molar-refractivity contribution in [3.63, 3.8) is 0 Å². The summed E-state index contributed by atoms with van der Waals surface area (Å²) in [4.78, 5) is 26.1. The molecule has 1 atom stereocenters. The lowest BCUT2D eigenvalue weighted by Crippen LogP contribution is -2.35. The lowest BCUT2D eigenvalue weighted by atomic mass is 9.96. The molecule has 0 aliphatic carbocycles. The van der Waals surface area contributed by atoms with Crippen LogP contribution in [0.15, 0.2) is 54.6 Å². The third-order valence-electron chi connectivity index (χ3n) is 4.52. The predicted octanol–water partition coefficient (Wildman–Crippen LogP) is 4.09. The fraction of sp³-hybridized carbons (Fsp3) is 0.300. The predicted molar refractivity (Wildman–Crippen MR) is 95.0 cm³/mol. The van der Waals surface area contributed by atoms with Crippen LogP contribution in [0.3, 0.4) is 0 Å². The molecule has 0 saturated heterocycles. The number of nitrogens with one attached hydrogen (secondary N) is 1. The van der Waals surface area contributed by atoms with Crippen LogP contribution in [-0.2, 0) is 16.1 Å². The van der Waals surface area contributed by atoms with Crippen LogP contribution in [0, 0.1) is 0 Å². The second kappa shape index (κ2) is 7.82. The zero-order chi connectivity index (χ0) is 19.4. The molecule has 0 bridgehead atoms. The highest BCUT2D eigenvalue weighted by Gasteiger charge is 2.34. The minimum Gasteiger partial charge on any atom is -0.338 e. The minimum atomic E-state index is -4.35. The molecule has 2 aromatic carbocycles. The van der Waals surface area contributed by atoms with Crippen molar-refractivity contribution in [2.75, 3.05) is 11.9 Å². The smallest absolute Gasteiger partial charge is 0.338 e. The average molecular weight is 376 g/mol. The first kappa shape index (κ1) is 18.9. The standard InChI is InChI=1S/C20H19F3N2O2/c21-20(22,23)10-11-25(13-14-6-2-1-3-7-14)18(26)12-16-15-8-4-5-9-17(15)24-19(16)27/h1-9,16H,10-13H2,(H,24,27). The summed E-state index contributed by atoms with van der Waals surface area (Å²) in [5.41, 5.74) is 2.08. The summed E-state index contributed by atoms with van der Waals surface area (Å²) in [6.07, 6.45) is -5.60. The Hall–Kier alpha value is -2.83. The van der Waals surface area contributed by atoms with Crippen molar-refractivity contribution in [1.29, 1.82) is 0 Å². The molecule has 27 heavy (non-hydrogen) atoms. The Labute approximate surface area is 155 Å². The van der Waals surface area contributed by atoms with E-state index in [0.29, 0.717) is 11.3 Å². The Balaban J connectivity index is 1.75. The summed E-state index contributed by atoms with van der Waals surface area (Å²) < 4.78 is 38.0. The van der Waals surface area contributed by atoms with Crippen LogP contribution in [0.1, 0.15) is 29.9 Å². The van der Waals surface area contributed by atoms with Gasteiger partial charge in [0, 0.05) is 25.2 Å². The molecule has 0 radical (unpaired) electrons. The summed E-state index contributed by atoms with van der Waals surface area (Å²) in [6.45, 7) is -0.362. The Morgan fingerprint density at radius 3 is 2.41 bits per heavy atom. The zero-order valence-corrected chi connectivity index (χ0v) is 14.5. The van der Waals surface area contributed by atoms with E-state index in [4.69, 9.17) is 0 Å². The number of carbonyl (C=O) groups excluding carboxylic acids is 2. The number of hydrogen-bond donors (Lipinski definition) is 1. The summed E-state index contributed by atoms with van der Waals surface area (Å²) in [5, 5.41) is 2.71. The number of carbonyl (C=O) groups is 2. The number of benzene rings is 2. The Morgan fingerprint density at radius 2 is 1.70 bits per heavy atom. The van der Waals surface area contributed by atoms with Gasteiger partial charge in [-0.25, -0.2) is 0 Å². The second-order valence-electron chi connectivity index (χ2n) is 6.50. The maximum absolute atomic E-state index is 12.8. The molecule has 1 heterocycles. The van der Waals surface area contributed by atoms with E-state index in [1.54, 1.807) is 54.6 Å². The highest BCUT2D eigenvalue weighted by Crippen LogP contribution is 2.35. The second-order valence-corrected chi connectivity index (χ2v) is 6.50. The van der Waals surface area contributed by atoms with Gasteiger partial charge in [0.05, 0.1) is 12.3 Å². The number of rotatable bonds is 6. The average Bonchev–Trinajstić information content (AvgIpc) is 2.94. The molecule has 142 valence electrons. The third-order valence-corrected chi connectivity index (χ3v) is 4.52. The Morgan fingerprint density at radius 1 is 1.04 bits per heavy atom. The number of para-hydroxylation sites is 1. The SMILES string of the molecule is O=C1Nc2ccccc2C1CC(=O)N(CCC(F)(F)F)Cc1ccccc1. The third kappa shape index (κ3) is 4.87. The van der Waals surface area contributed by atoms with Crippen LogP contribution in [0.25, 0.3) is 0 Å². The van der Waals surface area contributed by atoms with Crippen LogP contribution < -0.4 is 5.32 Å². The molecule has 0 fully saturated rings. The van der Waals surface area contributed by atoms with Crippen molar-refractivity contribution in [3.05, 3.63) is 65.7 Å². The van der Waals surface area contributed by atoms with Crippen molar-refractivity contribution in [2.45, 2.75) is 31.5 Å². The molecule has 0 spiro atoms. The van der Waals surface area contributed by atoms with E-state index in [0.717, 1.165) is 5.56 Å². The van der Waals surface area contributed by atoms with E-state index in [9.17, 15) is 22.8 Å². The number of anilines is 1. The molecule has 1 N–H and O–H groups in total. The van der Waals surface area contributed by atoms with Crippen LogP contribution in [0.2, 0.25) is 0 Å². The molecule has 3 rings (SSSR count). The Kier molecular flexibility index (Phi) is 5.48. The molecule has 0 saturated carbocycles. The highest BCUT2D eigenvalue weighted by atomic mass is 19.4. The minimum absolute atomic E-state index is 0.0751. The van der Waals surface area contributed by atoms with E-state index in [2.05, 4.69) is 5.32 Å². The number of fused-ring (bicyclic) bond motifs is 1. The van der Waals surface area contributed by atoms with Crippen molar-refractivity contribution in [1.82, 2.24) is 4.90 Å².